The Bertz CT molecular complexity index is 130. The van der Waals surface area contributed by atoms with Crippen molar-refractivity contribution in [2.75, 3.05) is 14.2 Å². The summed E-state index contributed by atoms with van der Waals surface area (Å²) in [7, 11) is 1.40. The third kappa shape index (κ3) is 3.55. The van der Waals surface area contributed by atoms with E-state index in [0.717, 1.165) is 5.92 Å². The van der Waals surface area contributed by atoms with Gasteiger partial charge in [0.05, 0.1) is 6.26 Å². The summed E-state index contributed by atoms with van der Waals surface area (Å²) in [5, 5.41) is 0. The van der Waals surface area contributed by atoms with Crippen LogP contribution in [0.2, 0.25) is 0 Å². The Labute approximate surface area is 68.9 Å². The van der Waals surface area contributed by atoms with Gasteiger partial charge in [0.25, 0.3) is 0 Å². The van der Waals surface area contributed by atoms with Crippen LogP contribution < -0.4 is 0 Å². The van der Waals surface area contributed by atoms with E-state index in [-0.39, 0.29) is 0 Å². The molecule has 0 bridgehead atoms. The minimum Gasteiger partial charge on any atom is -0.510 e. The molecule has 0 radical (unpaired) electrons. The van der Waals surface area contributed by atoms with Gasteiger partial charge in [-0.2, -0.15) is 0 Å². The van der Waals surface area contributed by atoms with Gasteiger partial charge in [-0.15, -0.1) is 0 Å². The summed E-state index contributed by atoms with van der Waals surface area (Å²) in [6.45, 7) is 0. The van der Waals surface area contributed by atoms with Gasteiger partial charge in [-0.25, -0.2) is 0 Å². The van der Waals surface area contributed by atoms with Crippen LogP contribution in [0.5, 0.6) is 0 Å². The first-order valence-electron chi connectivity index (χ1n) is 3.74. The molecule has 0 unspecified atom stereocenters. The summed E-state index contributed by atoms with van der Waals surface area (Å²) in [6.07, 6.45) is 6.37. The van der Waals surface area contributed by atoms with Crippen LogP contribution in [0.1, 0.15) is 12.8 Å². The molecule has 0 aliphatic heterocycles. The van der Waals surface area contributed by atoms with Gasteiger partial charge in [-0.3, -0.25) is 0 Å². The van der Waals surface area contributed by atoms with E-state index < -0.39 is 9.53 Å². The molecule has 1 fully saturated rings. The highest BCUT2D eigenvalue weighted by molar-refractivity contribution is 6.36. The summed E-state index contributed by atoms with van der Waals surface area (Å²) in [4.78, 5) is 0. The van der Waals surface area contributed by atoms with Gasteiger partial charge in [-0.05, 0) is 24.8 Å². The first-order chi connectivity index (χ1) is 5.36. The SMILES string of the molecule is CO[SiH](OC)OC=CC1CC1. The Hall–Kier alpha value is -0.323. The first kappa shape index (κ1) is 8.77. The van der Waals surface area contributed by atoms with E-state index in [2.05, 4.69) is 6.08 Å². The fourth-order valence-corrected chi connectivity index (χ4v) is 1.35. The van der Waals surface area contributed by atoms with E-state index >= 15 is 0 Å². The molecule has 0 aromatic heterocycles. The summed E-state index contributed by atoms with van der Waals surface area (Å²) >= 11 is 0. The molecule has 0 heterocycles. The van der Waals surface area contributed by atoms with Crippen molar-refractivity contribution < 1.29 is 13.3 Å². The monoisotopic (exact) mass is 174 g/mol. The molecule has 4 heteroatoms. The first-order valence-corrected chi connectivity index (χ1v) is 5.16. The molecule has 0 aromatic rings. The van der Waals surface area contributed by atoms with Gasteiger partial charge >= 0.3 is 9.53 Å². The summed E-state index contributed by atoms with van der Waals surface area (Å²) in [6, 6.07) is 0. The number of rotatable bonds is 5. The molecule has 64 valence electrons. The molecule has 11 heavy (non-hydrogen) atoms. The number of allylic oxidation sites excluding steroid dienone is 1. The Balaban J connectivity index is 2.07. The van der Waals surface area contributed by atoms with Crippen molar-refractivity contribution in [3.63, 3.8) is 0 Å². The van der Waals surface area contributed by atoms with Crippen molar-refractivity contribution >= 4 is 9.53 Å². The standard InChI is InChI=1S/C7H14O3Si/c1-8-11(9-2)10-6-5-7-3-4-7/h5-7,11H,3-4H2,1-2H3. The lowest BCUT2D eigenvalue weighted by atomic mass is 10.4. The van der Waals surface area contributed by atoms with E-state index in [1.54, 1.807) is 20.5 Å². The topological polar surface area (TPSA) is 27.7 Å². The second-order valence-corrected chi connectivity index (χ2v) is 4.35. The zero-order valence-corrected chi connectivity index (χ0v) is 8.10. The Kier molecular flexibility index (Phi) is 3.61. The molecule has 3 nitrogen and oxygen atoms in total. The van der Waals surface area contributed by atoms with Crippen LogP contribution in [0.4, 0.5) is 0 Å². The fourth-order valence-electron chi connectivity index (χ4n) is 0.717. The molecule has 0 N–H and O–H groups in total. The molecule has 0 amide bonds. The number of hydrogen-bond acceptors (Lipinski definition) is 3. The van der Waals surface area contributed by atoms with Crippen LogP contribution in [-0.4, -0.2) is 23.7 Å². The van der Waals surface area contributed by atoms with Crippen molar-refractivity contribution in [3.8, 4) is 0 Å². The smallest absolute Gasteiger partial charge is 0.510 e. The molecule has 0 spiro atoms. The predicted molar refractivity (Wildman–Crippen MR) is 44.1 cm³/mol. The van der Waals surface area contributed by atoms with E-state index in [9.17, 15) is 0 Å². The van der Waals surface area contributed by atoms with Gasteiger partial charge in [0.1, 0.15) is 0 Å². The van der Waals surface area contributed by atoms with Crippen molar-refractivity contribution in [1.29, 1.82) is 0 Å². The van der Waals surface area contributed by atoms with Gasteiger partial charge in [-0.1, -0.05) is 0 Å². The lowest BCUT2D eigenvalue weighted by Crippen LogP contribution is -2.20. The zero-order chi connectivity index (χ0) is 8.10. The van der Waals surface area contributed by atoms with Gasteiger partial charge in [0.2, 0.25) is 0 Å². The molecule has 0 aromatic carbocycles. The summed E-state index contributed by atoms with van der Waals surface area (Å²) in [5.74, 6) is 0.748. The van der Waals surface area contributed by atoms with Crippen LogP contribution >= 0.6 is 0 Å². The Morgan fingerprint density at radius 3 is 2.36 bits per heavy atom. The lowest BCUT2D eigenvalue weighted by molar-refractivity contribution is 0.181. The molecule has 1 rings (SSSR count). The lowest BCUT2D eigenvalue weighted by Gasteiger charge is -2.08. The zero-order valence-electron chi connectivity index (χ0n) is 6.95. The average molecular weight is 174 g/mol. The van der Waals surface area contributed by atoms with Crippen molar-refractivity contribution in [2.24, 2.45) is 5.92 Å². The highest BCUT2D eigenvalue weighted by Gasteiger charge is 2.18. The largest absolute Gasteiger partial charge is 0.548 e. The van der Waals surface area contributed by atoms with Crippen LogP contribution in [0.15, 0.2) is 12.3 Å². The maximum Gasteiger partial charge on any atom is 0.548 e. The summed E-state index contributed by atoms with van der Waals surface area (Å²) in [5.41, 5.74) is 0. The predicted octanol–water partition coefficient (Wildman–Crippen LogP) is 0.937. The van der Waals surface area contributed by atoms with Crippen LogP contribution in [0.3, 0.4) is 0 Å². The van der Waals surface area contributed by atoms with Crippen molar-refractivity contribution in [3.05, 3.63) is 12.3 Å². The number of hydrogen-bond donors (Lipinski definition) is 0. The molecule has 1 aliphatic rings. The van der Waals surface area contributed by atoms with Crippen LogP contribution in [0, 0.1) is 5.92 Å². The Morgan fingerprint density at radius 1 is 1.27 bits per heavy atom. The van der Waals surface area contributed by atoms with E-state index in [1.807, 2.05) is 0 Å². The van der Waals surface area contributed by atoms with Crippen LogP contribution in [0.25, 0.3) is 0 Å². The van der Waals surface area contributed by atoms with E-state index in [1.165, 1.54) is 12.8 Å². The van der Waals surface area contributed by atoms with E-state index in [0.29, 0.717) is 0 Å². The molecular formula is C7H14O3Si. The highest BCUT2D eigenvalue weighted by Crippen LogP contribution is 2.29. The minimum absolute atomic E-state index is 0.748. The van der Waals surface area contributed by atoms with Crippen molar-refractivity contribution in [2.45, 2.75) is 12.8 Å². The molecule has 0 atom stereocenters. The van der Waals surface area contributed by atoms with E-state index in [4.69, 9.17) is 13.3 Å². The van der Waals surface area contributed by atoms with Crippen LogP contribution in [-0.2, 0) is 13.3 Å². The van der Waals surface area contributed by atoms with Gasteiger partial charge in [0, 0.05) is 14.2 Å². The second-order valence-electron chi connectivity index (χ2n) is 2.56. The fraction of sp³-hybridized carbons (Fsp3) is 0.714. The normalized spacial score (nSPS) is 18.1. The maximum absolute atomic E-state index is 5.21. The second kappa shape index (κ2) is 4.53. The quantitative estimate of drug-likeness (QED) is 0.458. The molecule has 0 saturated heterocycles. The van der Waals surface area contributed by atoms with Crippen molar-refractivity contribution in [1.82, 2.24) is 0 Å². The maximum atomic E-state index is 5.21. The third-order valence-corrected chi connectivity index (χ3v) is 2.70. The summed E-state index contributed by atoms with van der Waals surface area (Å²) < 4.78 is 15.1. The Morgan fingerprint density at radius 2 is 1.91 bits per heavy atom. The average Bonchev–Trinajstić information content (AvgIpc) is 2.82. The highest BCUT2D eigenvalue weighted by atomic mass is 28.3. The molecule has 1 aliphatic carbocycles. The minimum atomic E-state index is -1.81. The third-order valence-electron chi connectivity index (χ3n) is 1.55. The molecular weight excluding hydrogens is 160 g/mol. The van der Waals surface area contributed by atoms with Gasteiger partial charge < -0.3 is 13.3 Å². The molecule has 1 saturated carbocycles. The van der Waals surface area contributed by atoms with Gasteiger partial charge in [0.15, 0.2) is 0 Å².